The molecule has 1 aliphatic rings. The molecule has 0 bridgehead atoms. The molecule has 100 valence electrons. The Hall–Kier alpha value is -0.580. The monoisotopic (exact) mass is 313 g/mol. The highest BCUT2D eigenvalue weighted by Gasteiger charge is 2.19. The first kappa shape index (κ1) is 13.8. The van der Waals surface area contributed by atoms with Crippen LogP contribution in [0.15, 0.2) is 16.6 Å². The zero-order chi connectivity index (χ0) is 13.0. The van der Waals surface area contributed by atoms with Gasteiger partial charge in [0.2, 0.25) is 0 Å². The summed E-state index contributed by atoms with van der Waals surface area (Å²) in [5, 5.41) is 3.30. The number of halogens is 1. The number of benzene rings is 1. The van der Waals surface area contributed by atoms with Crippen molar-refractivity contribution in [3.05, 3.63) is 27.7 Å². The second-order valence-electron chi connectivity index (χ2n) is 4.50. The molecule has 1 unspecified atom stereocenters. The predicted octanol–water partition coefficient (Wildman–Crippen LogP) is 2.55. The Morgan fingerprint density at radius 2 is 2.33 bits per heavy atom. The van der Waals surface area contributed by atoms with Crippen molar-refractivity contribution in [1.82, 2.24) is 5.32 Å². The highest BCUT2D eigenvalue weighted by molar-refractivity contribution is 9.10. The Labute approximate surface area is 117 Å². The molecular weight excluding hydrogens is 294 g/mol. The molecule has 2 rings (SSSR count). The average molecular weight is 314 g/mol. The summed E-state index contributed by atoms with van der Waals surface area (Å²) >= 11 is 3.57. The normalized spacial score (nSPS) is 15.3. The molecule has 0 saturated heterocycles. The van der Waals surface area contributed by atoms with E-state index < -0.39 is 0 Å². The molecule has 1 atom stereocenters. The Bertz CT molecular complexity index is 409. The summed E-state index contributed by atoms with van der Waals surface area (Å²) in [6, 6.07) is 4.64. The van der Waals surface area contributed by atoms with Crippen LogP contribution in [0.5, 0.6) is 5.75 Å². The number of fused-ring (bicyclic) bond motifs is 1. The molecule has 1 N–H and O–H groups in total. The van der Waals surface area contributed by atoms with Crippen LogP contribution in [0.3, 0.4) is 0 Å². The van der Waals surface area contributed by atoms with Crippen LogP contribution in [0.1, 0.15) is 18.1 Å². The Morgan fingerprint density at radius 3 is 3.06 bits per heavy atom. The number of ether oxygens (including phenoxy) is 2. The summed E-state index contributed by atoms with van der Waals surface area (Å²) in [5.74, 6) is 1.08. The van der Waals surface area contributed by atoms with Crippen LogP contribution in [0.4, 0.5) is 0 Å². The maximum Gasteiger partial charge on any atom is 0.125 e. The molecule has 1 aromatic carbocycles. The van der Waals surface area contributed by atoms with Gasteiger partial charge in [0, 0.05) is 23.5 Å². The number of hydrogen-bond acceptors (Lipinski definition) is 3. The molecule has 1 aromatic rings. The van der Waals surface area contributed by atoms with E-state index in [1.54, 1.807) is 0 Å². The van der Waals surface area contributed by atoms with Crippen LogP contribution in [0.25, 0.3) is 0 Å². The third-order valence-electron chi connectivity index (χ3n) is 3.22. The van der Waals surface area contributed by atoms with Crippen LogP contribution < -0.4 is 10.1 Å². The first-order chi connectivity index (χ1) is 8.74. The fourth-order valence-electron chi connectivity index (χ4n) is 2.27. The third-order valence-corrected chi connectivity index (χ3v) is 3.68. The summed E-state index contributed by atoms with van der Waals surface area (Å²) < 4.78 is 12.4. The summed E-state index contributed by atoms with van der Waals surface area (Å²) in [4.78, 5) is 0. The van der Waals surface area contributed by atoms with Crippen molar-refractivity contribution in [2.45, 2.75) is 25.8 Å². The highest BCUT2D eigenvalue weighted by Crippen LogP contribution is 2.33. The van der Waals surface area contributed by atoms with E-state index in [-0.39, 0.29) is 0 Å². The van der Waals surface area contributed by atoms with Crippen LogP contribution in [-0.4, -0.2) is 32.9 Å². The summed E-state index contributed by atoms with van der Waals surface area (Å²) in [7, 11) is 1.97. The van der Waals surface area contributed by atoms with E-state index in [0.29, 0.717) is 6.04 Å². The van der Waals surface area contributed by atoms with Crippen molar-refractivity contribution < 1.29 is 9.47 Å². The molecular formula is C14H20BrNO2. The largest absolute Gasteiger partial charge is 0.493 e. The van der Waals surface area contributed by atoms with Gasteiger partial charge in [-0.25, -0.2) is 0 Å². The van der Waals surface area contributed by atoms with Crippen molar-refractivity contribution >= 4 is 15.9 Å². The van der Waals surface area contributed by atoms with Gasteiger partial charge < -0.3 is 14.8 Å². The molecule has 0 aromatic heterocycles. The number of nitrogens with one attached hydrogen (secondary N) is 1. The predicted molar refractivity (Wildman–Crippen MR) is 76.4 cm³/mol. The zero-order valence-corrected chi connectivity index (χ0v) is 12.5. The quantitative estimate of drug-likeness (QED) is 0.875. The van der Waals surface area contributed by atoms with Gasteiger partial charge in [-0.1, -0.05) is 15.9 Å². The summed E-state index contributed by atoms with van der Waals surface area (Å²) in [6.45, 7) is 4.31. The minimum atomic E-state index is 0.326. The minimum Gasteiger partial charge on any atom is -0.493 e. The smallest absolute Gasteiger partial charge is 0.125 e. The summed E-state index contributed by atoms with van der Waals surface area (Å²) in [5.41, 5.74) is 2.57. The van der Waals surface area contributed by atoms with E-state index in [1.807, 2.05) is 14.0 Å². The second-order valence-corrected chi connectivity index (χ2v) is 5.42. The number of likely N-dealkylation sites (N-methyl/N-ethyl adjacent to an activating group) is 1. The highest BCUT2D eigenvalue weighted by atomic mass is 79.9. The number of rotatable bonds is 6. The fourth-order valence-corrected chi connectivity index (χ4v) is 2.82. The molecule has 0 radical (unpaired) electrons. The first-order valence-electron chi connectivity index (χ1n) is 6.43. The summed E-state index contributed by atoms with van der Waals surface area (Å²) in [6.07, 6.45) is 1.94. The standard InChI is InChI=1S/C14H20BrNO2/c1-3-17-9-13(16-2)8-11-7-12(15)6-10-4-5-18-14(10)11/h6-7,13,16H,3-5,8-9H2,1-2H3. The van der Waals surface area contributed by atoms with Gasteiger partial charge in [0.05, 0.1) is 13.2 Å². The first-order valence-corrected chi connectivity index (χ1v) is 7.23. The van der Waals surface area contributed by atoms with Crippen LogP contribution in [0.2, 0.25) is 0 Å². The number of hydrogen-bond donors (Lipinski definition) is 1. The van der Waals surface area contributed by atoms with Crippen molar-refractivity contribution in [1.29, 1.82) is 0 Å². The molecule has 0 fully saturated rings. The topological polar surface area (TPSA) is 30.5 Å². The van der Waals surface area contributed by atoms with E-state index >= 15 is 0 Å². The van der Waals surface area contributed by atoms with E-state index in [0.717, 1.165) is 42.9 Å². The van der Waals surface area contributed by atoms with Crippen LogP contribution in [0, 0.1) is 0 Å². The lowest BCUT2D eigenvalue weighted by atomic mass is 10.0. The Kier molecular flexibility index (Phi) is 5.03. The maximum atomic E-state index is 5.75. The van der Waals surface area contributed by atoms with E-state index in [9.17, 15) is 0 Å². The molecule has 1 heterocycles. The lowest BCUT2D eigenvalue weighted by Crippen LogP contribution is -2.32. The molecule has 0 saturated carbocycles. The third kappa shape index (κ3) is 3.25. The van der Waals surface area contributed by atoms with Crippen molar-refractivity contribution in [3.63, 3.8) is 0 Å². The van der Waals surface area contributed by atoms with Gasteiger partial charge in [-0.3, -0.25) is 0 Å². The van der Waals surface area contributed by atoms with Gasteiger partial charge in [-0.2, -0.15) is 0 Å². The van der Waals surface area contributed by atoms with E-state index in [1.165, 1.54) is 11.1 Å². The molecule has 4 heteroatoms. The van der Waals surface area contributed by atoms with Gasteiger partial charge in [-0.15, -0.1) is 0 Å². The van der Waals surface area contributed by atoms with Gasteiger partial charge in [0.1, 0.15) is 5.75 Å². The van der Waals surface area contributed by atoms with Crippen LogP contribution in [-0.2, 0) is 17.6 Å². The average Bonchev–Trinajstić information content (AvgIpc) is 2.82. The minimum absolute atomic E-state index is 0.326. The molecule has 0 amide bonds. The van der Waals surface area contributed by atoms with Gasteiger partial charge in [-0.05, 0) is 43.7 Å². The Balaban J connectivity index is 2.12. The molecule has 3 nitrogen and oxygen atoms in total. The Morgan fingerprint density at radius 1 is 1.50 bits per heavy atom. The van der Waals surface area contributed by atoms with E-state index in [4.69, 9.17) is 9.47 Å². The molecule has 18 heavy (non-hydrogen) atoms. The van der Waals surface area contributed by atoms with Crippen molar-refractivity contribution in [2.24, 2.45) is 0 Å². The maximum absolute atomic E-state index is 5.75. The molecule has 0 aliphatic carbocycles. The fraction of sp³-hybridized carbons (Fsp3) is 0.571. The van der Waals surface area contributed by atoms with Crippen molar-refractivity contribution in [2.75, 3.05) is 26.9 Å². The van der Waals surface area contributed by atoms with Crippen molar-refractivity contribution in [3.8, 4) is 5.75 Å². The van der Waals surface area contributed by atoms with Crippen LogP contribution >= 0.6 is 15.9 Å². The second kappa shape index (κ2) is 6.55. The van der Waals surface area contributed by atoms with E-state index in [2.05, 4.69) is 33.4 Å². The van der Waals surface area contributed by atoms with Gasteiger partial charge in [0.25, 0.3) is 0 Å². The molecule has 0 spiro atoms. The van der Waals surface area contributed by atoms with Gasteiger partial charge >= 0.3 is 0 Å². The zero-order valence-electron chi connectivity index (χ0n) is 11.0. The lowest BCUT2D eigenvalue weighted by molar-refractivity contribution is 0.125. The lowest BCUT2D eigenvalue weighted by Gasteiger charge is -2.18. The molecule has 1 aliphatic heterocycles. The SMILES string of the molecule is CCOCC(Cc1cc(Br)cc2c1OCC2)NC. The van der Waals surface area contributed by atoms with Gasteiger partial charge in [0.15, 0.2) is 0 Å².